The number of nitrogens with one attached hydrogen (secondary N) is 1. The molecule has 5 heteroatoms. The molecule has 1 aromatic carbocycles. The molecule has 0 aromatic heterocycles. The van der Waals surface area contributed by atoms with E-state index >= 15 is 0 Å². The largest absolute Gasteiger partial charge is 0.381 e. The monoisotopic (exact) mass is 280 g/mol. The summed E-state index contributed by atoms with van der Waals surface area (Å²) in [7, 11) is 0. The van der Waals surface area contributed by atoms with Crippen LogP contribution in [0, 0.1) is 16.0 Å². The Morgan fingerprint density at radius 1 is 1.35 bits per heavy atom. The zero-order valence-electron chi connectivity index (χ0n) is 12.5. The Kier molecular flexibility index (Phi) is 7.18. The van der Waals surface area contributed by atoms with E-state index in [2.05, 4.69) is 19.2 Å². The number of nitro benzene ring substituents is 1. The molecule has 0 spiro atoms. The first kappa shape index (κ1) is 16.6. The maximum Gasteiger partial charge on any atom is 0.269 e. The second-order valence-corrected chi connectivity index (χ2v) is 5.35. The molecule has 0 saturated carbocycles. The van der Waals surface area contributed by atoms with Gasteiger partial charge in [0.2, 0.25) is 0 Å². The first-order chi connectivity index (χ1) is 9.50. The molecule has 112 valence electrons. The van der Waals surface area contributed by atoms with Crippen molar-refractivity contribution >= 4 is 5.69 Å². The lowest BCUT2D eigenvalue weighted by molar-refractivity contribution is -0.384. The molecule has 1 rings (SSSR count). The minimum absolute atomic E-state index is 0.0972. The standard InChI is InChI=1S/C15H24N2O3/c1-12(2)11-20-9-5-8-16-13(3)14-6-4-7-15(10-14)17(18)19/h4,6-7,10,12-13,16H,5,8-9,11H2,1-3H3. The van der Waals surface area contributed by atoms with Crippen molar-refractivity contribution in [3.05, 3.63) is 39.9 Å². The van der Waals surface area contributed by atoms with Crippen LogP contribution in [0.5, 0.6) is 0 Å². The Morgan fingerprint density at radius 3 is 2.75 bits per heavy atom. The molecule has 0 saturated heterocycles. The van der Waals surface area contributed by atoms with Gasteiger partial charge in [0.25, 0.3) is 5.69 Å². The maximum absolute atomic E-state index is 10.7. The number of nitrogens with zero attached hydrogens (tertiary/aromatic N) is 1. The summed E-state index contributed by atoms with van der Waals surface area (Å²) < 4.78 is 5.50. The third-order valence-electron chi connectivity index (χ3n) is 2.95. The minimum Gasteiger partial charge on any atom is -0.381 e. The van der Waals surface area contributed by atoms with Gasteiger partial charge in [0.05, 0.1) is 4.92 Å². The number of non-ortho nitro benzene ring substituents is 1. The van der Waals surface area contributed by atoms with Crippen molar-refractivity contribution in [2.45, 2.75) is 33.2 Å². The Morgan fingerprint density at radius 2 is 2.10 bits per heavy atom. The summed E-state index contributed by atoms with van der Waals surface area (Å²) >= 11 is 0. The van der Waals surface area contributed by atoms with Crippen LogP contribution in [0.3, 0.4) is 0 Å². The number of rotatable bonds is 9. The van der Waals surface area contributed by atoms with Crippen LogP contribution < -0.4 is 5.32 Å². The summed E-state index contributed by atoms with van der Waals surface area (Å²) in [6, 6.07) is 6.85. The molecule has 0 bridgehead atoms. The maximum atomic E-state index is 10.7. The van der Waals surface area contributed by atoms with Crippen molar-refractivity contribution in [1.82, 2.24) is 5.32 Å². The molecule has 1 aromatic rings. The van der Waals surface area contributed by atoms with Gasteiger partial charge in [-0.1, -0.05) is 26.0 Å². The highest BCUT2D eigenvalue weighted by Gasteiger charge is 2.10. The molecule has 0 fully saturated rings. The quantitative estimate of drug-likeness (QED) is 0.428. The average molecular weight is 280 g/mol. The number of hydrogen-bond donors (Lipinski definition) is 1. The topological polar surface area (TPSA) is 64.4 Å². The Labute approximate surface area is 120 Å². The normalized spacial score (nSPS) is 12.6. The van der Waals surface area contributed by atoms with Crippen LogP contribution in [0.25, 0.3) is 0 Å². The number of hydrogen-bond acceptors (Lipinski definition) is 4. The Hall–Kier alpha value is -1.46. The molecular weight excluding hydrogens is 256 g/mol. The highest BCUT2D eigenvalue weighted by Crippen LogP contribution is 2.18. The molecule has 0 aliphatic carbocycles. The van der Waals surface area contributed by atoms with Crippen LogP contribution in [-0.2, 0) is 4.74 Å². The van der Waals surface area contributed by atoms with Crippen LogP contribution in [0.15, 0.2) is 24.3 Å². The fourth-order valence-corrected chi connectivity index (χ4v) is 1.84. The van der Waals surface area contributed by atoms with Crippen molar-refractivity contribution in [3.8, 4) is 0 Å². The molecule has 5 nitrogen and oxygen atoms in total. The van der Waals surface area contributed by atoms with E-state index in [0.717, 1.165) is 31.7 Å². The molecule has 1 atom stereocenters. The predicted molar refractivity (Wildman–Crippen MR) is 79.8 cm³/mol. The summed E-state index contributed by atoms with van der Waals surface area (Å²) in [5.74, 6) is 0.562. The van der Waals surface area contributed by atoms with Crippen molar-refractivity contribution < 1.29 is 9.66 Å². The van der Waals surface area contributed by atoms with E-state index < -0.39 is 0 Å². The fraction of sp³-hybridized carbons (Fsp3) is 0.600. The summed E-state index contributed by atoms with van der Waals surface area (Å²) in [4.78, 5) is 10.4. The molecule has 1 N–H and O–H groups in total. The van der Waals surface area contributed by atoms with Crippen LogP contribution >= 0.6 is 0 Å². The van der Waals surface area contributed by atoms with Gasteiger partial charge in [-0.2, -0.15) is 0 Å². The van der Waals surface area contributed by atoms with Gasteiger partial charge in [0, 0.05) is 31.4 Å². The summed E-state index contributed by atoms with van der Waals surface area (Å²) in [6.45, 7) is 8.63. The number of ether oxygens (including phenoxy) is 1. The lowest BCUT2D eigenvalue weighted by Crippen LogP contribution is -2.21. The second-order valence-electron chi connectivity index (χ2n) is 5.35. The Balaban J connectivity index is 2.30. The second kappa shape index (κ2) is 8.66. The van der Waals surface area contributed by atoms with Gasteiger partial charge in [0.15, 0.2) is 0 Å². The van der Waals surface area contributed by atoms with Crippen molar-refractivity contribution in [2.75, 3.05) is 19.8 Å². The Bertz CT molecular complexity index is 421. The van der Waals surface area contributed by atoms with E-state index in [1.165, 1.54) is 6.07 Å². The molecule has 1 unspecified atom stereocenters. The van der Waals surface area contributed by atoms with Gasteiger partial charge in [-0.05, 0) is 31.4 Å². The fourth-order valence-electron chi connectivity index (χ4n) is 1.84. The molecule has 0 radical (unpaired) electrons. The molecule has 0 aliphatic heterocycles. The summed E-state index contributed by atoms with van der Waals surface area (Å²) in [5.41, 5.74) is 1.07. The zero-order chi connectivity index (χ0) is 15.0. The van der Waals surface area contributed by atoms with E-state index in [9.17, 15) is 10.1 Å². The molecule has 0 aliphatic rings. The van der Waals surface area contributed by atoms with Crippen LogP contribution in [-0.4, -0.2) is 24.7 Å². The lowest BCUT2D eigenvalue weighted by atomic mass is 10.1. The lowest BCUT2D eigenvalue weighted by Gasteiger charge is -2.14. The summed E-state index contributed by atoms with van der Waals surface area (Å²) in [6.07, 6.45) is 0.936. The predicted octanol–water partition coefficient (Wildman–Crippen LogP) is 3.31. The number of benzene rings is 1. The molecule has 0 amide bonds. The van der Waals surface area contributed by atoms with E-state index in [4.69, 9.17) is 4.74 Å². The van der Waals surface area contributed by atoms with E-state index in [1.807, 2.05) is 13.0 Å². The van der Waals surface area contributed by atoms with Gasteiger partial charge in [-0.25, -0.2) is 0 Å². The van der Waals surface area contributed by atoms with E-state index in [-0.39, 0.29) is 16.7 Å². The van der Waals surface area contributed by atoms with Gasteiger partial charge in [-0.15, -0.1) is 0 Å². The van der Waals surface area contributed by atoms with E-state index in [1.54, 1.807) is 12.1 Å². The average Bonchev–Trinajstić information content (AvgIpc) is 2.42. The first-order valence-corrected chi connectivity index (χ1v) is 7.06. The minimum atomic E-state index is -0.365. The first-order valence-electron chi connectivity index (χ1n) is 7.06. The van der Waals surface area contributed by atoms with Crippen molar-refractivity contribution in [1.29, 1.82) is 0 Å². The third kappa shape index (κ3) is 6.12. The smallest absolute Gasteiger partial charge is 0.269 e. The van der Waals surface area contributed by atoms with Crippen LogP contribution in [0.4, 0.5) is 5.69 Å². The SMILES string of the molecule is CC(C)COCCCNC(C)c1cccc([N+](=O)[O-])c1. The van der Waals surface area contributed by atoms with Gasteiger partial charge in [-0.3, -0.25) is 10.1 Å². The highest BCUT2D eigenvalue weighted by molar-refractivity contribution is 5.35. The van der Waals surface area contributed by atoms with Crippen LogP contribution in [0.2, 0.25) is 0 Å². The molecular formula is C15H24N2O3. The van der Waals surface area contributed by atoms with Gasteiger partial charge >= 0.3 is 0 Å². The summed E-state index contributed by atoms with van der Waals surface area (Å²) in [5, 5.41) is 14.1. The van der Waals surface area contributed by atoms with Crippen molar-refractivity contribution in [2.24, 2.45) is 5.92 Å². The third-order valence-corrected chi connectivity index (χ3v) is 2.95. The van der Waals surface area contributed by atoms with Crippen molar-refractivity contribution in [3.63, 3.8) is 0 Å². The van der Waals surface area contributed by atoms with Gasteiger partial charge < -0.3 is 10.1 Å². The molecule has 0 heterocycles. The highest BCUT2D eigenvalue weighted by atomic mass is 16.6. The van der Waals surface area contributed by atoms with Crippen LogP contribution in [0.1, 0.15) is 38.8 Å². The number of nitro groups is 1. The zero-order valence-corrected chi connectivity index (χ0v) is 12.5. The van der Waals surface area contributed by atoms with E-state index in [0.29, 0.717) is 5.92 Å². The van der Waals surface area contributed by atoms with Gasteiger partial charge in [0.1, 0.15) is 0 Å². The molecule has 20 heavy (non-hydrogen) atoms.